The number of hydrogen-bond donors (Lipinski definition) is 1. The lowest BCUT2D eigenvalue weighted by atomic mass is 9.96. The molecule has 0 spiro atoms. The van der Waals surface area contributed by atoms with Gasteiger partial charge in [-0.05, 0) is 51.6 Å². The number of aliphatic hydroxyl groups excluding tert-OH is 1. The molecule has 1 aliphatic heterocycles. The van der Waals surface area contributed by atoms with Crippen LogP contribution in [0.1, 0.15) is 57.6 Å². The first-order valence-electron chi connectivity index (χ1n) is 7.67. The molecule has 1 aromatic carbocycles. The Hall–Kier alpha value is -0.860. The maximum atomic E-state index is 10.2. The van der Waals surface area contributed by atoms with Crippen molar-refractivity contribution < 1.29 is 5.11 Å². The molecule has 3 atom stereocenters. The number of hydrogen-bond acceptors (Lipinski definition) is 2. The molecule has 1 aromatic rings. The molecule has 2 nitrogen and oxygen atoms in total. The van der Waals surface area contributed by atoms with Crippen LogP contribution in [0.15, 0.2) is 30.3 Å². The monoisotopic (exact) mass is 261 g/mol. The molecule has 106 valence electrons. The van der Waals surface area contributed by atoms with Crippen molar-refractivity contribution in [2.75, 3.05) is 6.54 Å². The molecule has 0 aliphatic carbocycles. The van der Waals surface area contributed by atoms with Gasteiger partial charge in [0.25, 0.3) is 0 Å². The van der Waals surface area contributed by atoms with E-state index in [0.29, 0.717) is 12.1 Å². The first-order valence-corrected chi connectivity index (χ1v) is 7.67. The summed E-state index contributed by atoms with van der Waals surface area (Å²) in [6.07, 6.45) is 5.64. The average Bonchev–Trinajstić information content (AvgIpc) is 2.43. The minimum atomic E-state index is -0.309. The van der Waals surface area contributed by atoms with Gasteiger partial charge >= 0.3 is 0 Å². The lowest BCUT2D eigenvalue weighted by Crippen LogP contribution is -2.44. The summed E-state index contributed by atoms with van der Waals surface area (Å²) in [6, 6.07) is 11.4. The first kappa shape index (κ1) is 14.5. The Kier molecular flexibility index (Phi) is 5.41. The second-order valence-electron chi connectivity index (χ2n) is 5.94. The van der Waals surface area contributed by atoms with Gasteiger partial charge in [0.2, 0.25) is 0 Å². The quantitative estimate of drug-likeness (QED) is 0.872. The van der Waals surface area contributed by atoms with E-state index in [2.05, 4.69) is 18.7 Å². The van der Waals surface area contributed by atoms with E-state index in [9.17, 15) is 5.11 Å². The number of likely N-dealkylation sites (tertiary alicyclic amines) is 1. The van der Waals surface area contributed by atoms with E-state index in [-0.39, 0.29) is 6.10 Å². The SMILES string of the molecule is CC1CCCC(C)N1CCCC(O)c1ccccc1. The molecule has 0 amide bonds. The third-order valence-electron chi connectivity index (χ3n) is 4.45. The smallest absolute Gasteiger partial charge is 0.0790 e. The number of nitrogens with zero attached hydrogens (tertiary/aromatic N) is 1. The van der Waals surface area contributed by atoms with Crippen molar-refractivity contribution in [2.45, 2.75) is 64.1 Å². The highest BCUT2D eigenvalue weighted by Crippen LogP contribution is 2.24. The van der Waals surface area contributed by atoms with E-state index in [1.165, 1.54) is 19.3 Å². The van der Waals surface area contributed by atoms with Crippen LogP contribution in [0.25, 0.3) is 0 Å². The summed E-state index contributed by atoms with van der Waals surface area (Å²) in [5, 5.41) is 10.2. The van der Waals surface area contributed by atoms with E-state index in [4.69, 9.17) is 0 Å². The van der Waals surface area contributed by atoms with Crippen LogP contribution < -0.4 is 0 Å². The van der Waals surface area contributed by atoms with Crippen LogP contribution in [0.4, 0.5) is 0 Å². The van der Waals surface area contributed by atoms with Gasteiger partial charge in [-0.1, -0.05) is 36.8 Å². The van der Waals surface area contributed by atoms with Crippen molar-refractivity contribution >= 4 is 0 Å². The highest BCUT2D eigenvalue weighted by Gasteiger charge is 2.24. The molecule has 2 rings (SSSR count). The lowest BCUT2D eigenvalue weighted by Gasteiger charge is -2.39. The Balaban J connectivity index is 1.77. The molecular formula is C17H27NO. The fraction of sp³-hybridized carbons (Fsp3) is 0.647. The average molecular weight is 261 g/mol. The maximum absolute atomic E-state index is 10.2. The van der Waals surface area contributed by atoms with Crippen molar-refractivity contribution in [3.8, 4) is 0 Å². The number of piperidine rings is 1. The van der Waals surface area contributed by atoms with Gasteiger partial charge in [-0.3, -0.25) is 4.90 Å². The van der Waals surface area contributed by atoms with E-state index < -0.39 is 0 Å². The highest BCUT2D eigenvalue weighted by atomic mass is 16.3. The first-order chi connectivity index (χ1) is 9.18. The summed E-state index contributed by atoms with van der Waals surface area (Å²) in [7, 11) is 0. The van der Waals surface area contributed by atoms with Gasteiger partial charge in [-0.15, -0.1) is 0 Å². The zero-order valence-electron chi connectivity index (χ0n) is 12.3. The van der Waals surface area contributed by atoms with Crippen molar-refractivity contribution in [1.82, 2.24) is 4.90 Å². The summed E-state index contributed by atoms with van der Waals surface area (Å²) in [5.41, 5.74) is 1.04. The van der Waals surface area contributed by atoms with Crippen LogP contribution in [-0.4, -0.2) is 28.6 Å². The molecule has 1 fully saturated rings. The van der Waals surface area contributed by atoms with Crippen molar-refractivity contribution in [1.29, 1.82) is 0 Å². The molecule has 0 aromatic heterocycles. The molecule has 0 bridgehead atoms. The number of benzene rings is 1. The molecule has 0 radical (unpaired) electrons. The van der Waals surface area contributed by atoms with Crippen LogP contribution >= 0.6 is 0 Å². The fourth-order valence-electron chi connectivity index (χ4n) is 3.22. The van der Waals surface area contributed by atoms with Gasteiger partial charge in [0.05, 0.1) is 6.10 Å². The van der Waals surface area contributed by atoms with Crippen LogP contribution in [0.2, 0.25) is 0 Å². The van der Waals surface area contributed by atoms with Crippen molar-refractivity contribution in [2.24, 2.45) is 0 Å². The van der Waals surface area contributed by atoms with Crippen molar-refractivity contribution in [3.63, 3.8) is 0 Å². The standard InChI is InChI=1S/C17H27NO/c1-14-8-6-9-15(2)18(14)13-7-12-17(19)16-10-4-3-5-11-16/h3-5,10-11,14-15,17,19H,6-9,12-13H2,1-2H3. The van der Waals surface area contributed by atoms with Gasteiger partial charge in [0.1, 0.15) is 0 Å². The second-order valence-corrected chi connectivity index (χ2v) is 5.94. The summed E-state index contributed by atoms with van der Waals surface area (Å²) >= 11 is 0. The van der Waals surface area contributed by atoms with E-state index in [1.807, 2.05) is 30.3 Å². The normalized spacial score (nSPS) is 26.3. The largest absolute Gasteiger partial charge is 0.388 e. The molecule has 1 saturated heterocycles. The summed E-state index contributed by atoms with van der Waals surface area (Å²) < 4.78 is 0. The Labute approximate surface area is 117 Å². The Morgan fingerprint density at radius 1 is 1.16 bits per heavy atom. The Morgan fingerprint density at radius 2 is 1.79 bits per heavy atom. The molecule has 1 aliphatic rings. The summed E-state index contributed by atoms with van der Waals surface area (Å²) in [5.74, 6) is 0. The predicted molar refractivity (Wildman–Crippen MR) is 80.1 cm³/mol. The zero-order valence-corrected chi connectivity index (χ0v) is 12.3. The van der Waals surface area contributed by atoms with Gasteiger partial charge in [0.15, 0.2) is 0 Å². The maximum Gasteiger partial charge on any atom is 0.0790 e. The molecule has 2 heteroatoms. The van der Waals surface area contributed by atoms with Gasteiger partial charge in [0, 0.05) is 12.1 Å². The van der Waals surface area contributed by atoms with Gasteiger partial charge in [-0.25, -0.2) is 0 Å². The molecule has 0 saturated carbocycles. The highest BCUT2D eigenvalue weighted by molar-refractivity contribution is 5.17. The summed E-state index contributed by atoms with van der Waals surface area (Å²) in [4.78, 5) is 2.61. The van der Waals surface area contributed by atoms with Crippen molar-refractivity contribution in [3.05, 3.63) is 35.9 Å². The zero-order chi connectivity index (χ0) is 13.7. The Bertz CT molecular complexity index is 355. The molecule has 3 unspecified atom stereocenters. The second kappa shape index (κ2) is 7.06. The van der Waals surface area contributed by atoms with Crippen LogP contribution in [0.5, 0.6) is 0 Å². The third kappa shape index (κ3) is 4.05. The minimum Gasteiger partial charge on any atom is -0.388 e. The molecule has 1 heterocycles. The molecule has 1 N–H and O–H groups in total. The molecular weight excluding hydrogens is 234 g/mol. The minimum absolute atomic E-state index is 0.309. The summed E-state index contributed by atoms with van der Waals surface area (Å²) in [6.45, 7) is 5.79. The molecule has 19 heavy (non-hydrogen) atoms. The van der Waals surface area contributed by atoms with Crippen LogP contribution in [0, 0.1) is 0 Å². The Morgan fingerprint density at radius 3 is 2.42 bits per heavy atom. The lowest BCUT2D eigenvalue weighted by molar-refractivity contribution is 0.0909. The predicted octanol–water partition coefficient (Wildman–Crippen LogP) is 3.76. The fourth-order valence-corrected chi connectivity index (χ4v) is 3.22. The number of aliphatic hydroxyl groups is 1. The van der Waals surface area contributed by atoms with E-state index in [0.717, 1.165) is 24.9 Å². The van der Waals surface area contributed by atoms with Gasteiger partial charge < -0.3 is 5.11 Å². The number of rotatable bonds is 5. The van der Waals surface area contributed by atoms with E-state index in [1.54, 1.807) is 0 Å². The third-order valence-corrected chi connectivity index (χ3v) is 4.45. The van der Waals surface area contributed by atoms with Gasteiger partial charge in [-0.2, -0.15) is 0 Å². The van der Waals surface area contributed by atoms with E-state index >= 15 is 0 Å². The van der Waals surface area contributed by atoms with Crippen LogP contribution in [-0.2, 0) is 0 Å². The topological polar surface area (TPSA) is 23.5 Å². The van der Waals surface area contributed by atoms with Crippen LogP contribution in [0.3, 0.4) is 0 Å².